The molecule has 0 aliphatic rings. The van der Waals surface area contributed by atoms with Crippen molar-refractivity contribution in [3.05, 3.63) is 11.7 Å². The molecule has 1 heterocycles. The molecule has 0 fully saturated rings. The molecule has 0 saturated heterocycles. The van der Waals surface area contributed by atoms with Crippen LogP contribution < -0.4 is 5.32 Å². The molecule has 0 aromatic carbocycles. The number of hydrogen-bond acceptors (Lipinski definition) is 5. The maximum Gasteiger partial charge on any atom is 0.223 e. The molecule has 5 nitrogen and oxygen atoms in total. The van der Waals surface area contributed by atoms with Gasteiger partial charge in [-0.15, -0.1) is 0 Å². The summed E-state index contributed by atoms with van der Waals surface area (Å²) in [5.41, 5.74) is 0. The van der Waals surface area contributed by atoms with Crippen molar-refractivity contribution in [2.45, 2.75) is 33.2 Å². The van der Waals surface area contributed by atoms with E-state index in [9.17, 15) is 0 Å². The van der Waals surface area contributed by atoms with Gasteiger partial charge in [0.05, 0.1) is 6.54 Å². The monoisotopic (exact) mass is 213 g/mol. The zero-order valence-corrected chi connectivity index (χ0v) is 9.36. The Hall–Kier alpha value is -0.940. The molecule has 0 radical (unpaired) electrons. The van der Waals surface area contributed by atoms with E-state index in [0.717, 1.165) is 19.4 Å². The van der Waals surface area contributed by atoms with Gasteiger partial charge in [0.2, 0.25) is 5.89 Å². The third-order valence-electron chi connectivity index (χ3n) is 2.40. The number of aliphatic hydroxyl groups is 1. The highest BCUT2D eigenvalue weighted by molar-refractivity contribution is 4.82. The van der Waals surface area contributed by atoms with Crippen LogP contribution in [0, 0.1) is 12.8 Å². The van der Waals surface area contributed by atoms with Gasteiger partial charge in [-0.05, 0) is 18.9 Å². The largest absolute Gasteiger partial charge is 0.396 e. The maximum absolute atomic E-state index is 8.82. The summed E-state index contributed by atoms with van der Waals surface area (Å²) >= 11 is 0. The average molecular weight is 213 g/mol. The highest BCUT2D eigenvalue weighted by Crippen LogP contribution is 2.05. The lowest BCUT2D eigenvalue weighted by molar-refractivity contribution is 0.251. The fourth-order valence-electron chi connectivity index (χ4n) is 1.43. The third-order valence-corrected chi connectivity index (χ3v) is 2.40. The van der Waals surface area contributed by atoms with Gasteiger partial charge < -0.3 is 14.9 Å². The van der Waals surface area contributed by atoms with Gasteiger partial charge in [0, 0.05) is 13.5 Å². The first kappa shape index (κ1) is 12.1. The van der Waals surface area contributed by atoms with Crippen LogP contribution >= 0.6 is 0 Å². The van der Waals surface area contributed by atoms with Gasteiger partial charge >= 0.3 is 0 Å². The molecular weight excluding hydrogens is 194 g/mol. The van der Waals surface area contributed by atoms with E-state index in [1.54, 1.807) is 6.92 Å². The first-order valence-corrected chi connectivity index (χ1v) is 5.37. The smallest absolute Gasteiger partial charge is 0.223 e. The molecule has 2 N–H and O–H groups in total. The molecule has 0 amide bonds. The second-order valence-corrected chi connectivity index (χ2v) is 3.65. The molecule has 1 aromatic rings. The minimum Gasteiger partial charge on any atom is -0.396 e. The van der Waals surface area contributed by atoms with E-state index in [1.807, 2.05) is 0 Å². The van der Waals surface area contributed by atoms with Crippen molar-refractivity contribution in [2.24, 2.45) is 5.92 Å². The van der Waals surface area contributed by atoms with Crippen LogP contribution in [0.4, 0.5) is 0 Å². The Bertz CT molecular complexity index is 275. The Kier molecular flexibility index (Phi) is 5.28. The first-order valence-electron chi connectivity index (χ1n) is 5.37. The lowest BCUT2D eigenvalue weighted by Gasteiger charge is -2.12. The number of aryl methyl sites for hydroxylation is 1. The zero-order chi connectivity index (χ0) is 11.1. The predicted molar refractivity (Wildman–Crippen MR) is 56.2 cm³/mol. The molecule has 0 saturated carbocycles. The van der Waals surface area contributed by atoms with Crippen molar-refractivity contribution in [3.63, 3.8) is 0 Å². The van der Waals surface area contributed by atoms with Crippen molar-refractivity contribution >= 4 is 0 Å². The summed E-state index contributed by atoms with van der Waals surface area (Å²) in [4.78, 5) is 4.09. The van der Waals surface area contributed by atoms with Gasteiger partial charge in [-0.3, -0.25) is 0 Å². The Balaban J connectivity index is 2.20. The maximum atomic E-state index is 8.82. The summed E-state index contributed by atoms with van der Waals surface area (Å²) in [6.07, 6.45) is 1.91. The summed E-state index contributed by atoms with van der Waals surface area (Å²) in [6.45, 7) is 5.66. The third kappa shape index (κ3) is 4.40. The lowest BCUT2D eigenvalue weighted by Crippen LogP contribution is -2.23. The van der Waals surface area contributed by atoms with Gasteiger partial charge in [-0.2, -0.15) is 4.98 Å². The van der Waals surface area contributed by atoms with E-state index in [0.29, 0.717) is 24.2 Å². The molecule has 0 aliphatic carbocycles. The number of rotatable bonds is 7. The fraction of sp³-hybridized carbons (Fsp3) is 0.800. The van der Waals surface area contributed by atoms with Crippen LogP contribution in [-0.4, -0.2) is 28.4 Å². The second kappa shape index (κ2) is 6.53. The van der Waals surface area contributed by atoms with Gasteiger partial charge in [0.25, 0.3) is 0 Å². The van der Waals surface area contributed by atoms with Crippen LogP contribution in [0.5, 0.6) is 0 Å². The molecule has 86 valence electrons. The standard InChI is InChI=1S/C10H19N3O2/c1-3-9(4-5-14)6-11-7-10-12-8(2)15-13-10/h9,11,14H,3-7H2,1-2H3. The van der Waals surface area contributed by atoms with Crippen LogP contribution in [0.2, 0.25) is 0 Å². The molecule has 1 atom stereocenters. The first-order chi connectivity index (χ1) is 7.26. The molecule has 1 aromatic heterocycles. The predicted octanol–water partition coefficient (Wildman–Crippen LogP) is 0.876. The molecule has 0 bridgehead atoms. The molecule has 15 heavy (non-hydrogen) atoms. The van der Waals surface area contributed by atoms with Gasteiger partial charge in [0.15, 0.2) is 5.82 Å². The van der Waals surface area contributed by atoms with Gasteiger partial charge in [-0.25, -0.2) is 0 Å². The van der Waals surface area contributed by atoms with E-state index >= 15 is 0 Å². The summed E-state index contributed by atoms with van der Waals surface area (Å²) in [7, 11) is 0. The van der Waals surface area contributed by atoms with Gasteiger partial charge in [0.1, 0.15) is 0 Å². The summed E-state index contributed by atoms with van der Waals surface area (Å²) < 4.78 is 4.85. The Morgan fingerprint density at radius 1 is 1.53 bits per heavy atom. The second-order valence-electron chi connectivity index (χ2n) is 3.65. The van der Waals surface area contributed by atoms with Crippen LogP contribution in [-0.2, 0) is 6.54 Å². The van der Waals surface area contributed by atoms with Crippen molar-refractivity contribution in [1.82, 2.24) is 15.5 Å². The number of aliphatic hydroxyl groups excluding tert-OH is 1. The number of hydrogen-bond donors (Lipinski definition) is 2. The van der Waals surface area contributed by atoms with Crippen LogP contribution in [0.25, 0.3) is 0 Å². The van der Waals surface area contributed by atoms with Crippen molar-refractivity contribution in [3.8, 4) is 0 Å². The quantitative estimate of drug-likeness (QED) is 0.703. The van der Waals surface area contributed by atoms with Gasteiger partial charge in [-0.1, -0.05) is 18.5 Å². The summed E-state index contributed by atoms with van der Waals surface area (Å²) in [6, 6.07) is 0. The van der Waals surface area contributed by atoms with Crippen molar-refractivity contribution < 1.29 is 9.63 Å². The minimum atomic E-state index is 0.251. The fourth-order valence-corrected chi connectivity index (χ4v) is 1.43. The average Bonchev–Trinajstić information content (AvgIpc) is 2.63. The van der Waals surface area contributed by atoms with E-state index in [1.165, 1.54) is 0 Å². The lowest BCUT2D eigenvalue weighted by atomic mass is 10.0. The topological polar surface area (TPSA) is 71.2 Å². The van der Waals surface area contributed by atoms with E-state index in [4.69, 9.17) is 9.63 Å². The number of nitrogens with one attached hydrogen (secondary N) is 1. The van der Waals surface area contributed by atoms with Crippen molar-refractivity contribution in [2.75, 3.05) is 13.2 Å². The Labute approximate surface area is 89.9 Å². The van der Waals surface area contributed by atoms with Crippen LogP contribution in [0.15, 0.2) is 4.52 Å². The van der Waals surface area contributed by atoms with E-state index < -0.39 is 0 Å². The number of nitrogens with zero attached hydrogens (tertiary/aromatic N) is 2. The molecule has 5 heteroatoms. The van der Waals surface area contributed by atoms with E-state index in [-0.39, 0.29) is 6.61 Å². The normalized spacial score (nSPS) is 13.0. The van der Waals surface area contributed by atoms with Crippen LogP contribution in [0.3, 0.4) is 0 Å². The molecule has 1 rings (SSSR count). The Morgan fingerprint density at radius 3 is 2.87 bits per heavy atom. The number of aromatic nitrogens is 2. The molecule has 1 unspecified atom stereocenters. The summed E-state index contributed by atoms with van der Waals surface area (Å²) in [5.74, 6) is 1.79. The zero-order valence-electron chi connectivity index (χ0n) is 9.36. The molecular formula is C10H19N3O2. The molecule has 0 spiro atoms. The Morgan fingerprint density at radius 2 is 2.33 bits per heavy atom. The molecule has 0 aliphatic heterocycles. The van der Waals surface area contributed by atoms with E-state index in [2.05, 4.69) is 22.4 Å². The van der Waals surface area contributed by atoms with Crippen LogP contribution in [0.1, 0.15) is 31.5 Å². The minimum absolute atomic E-state index is 0.251. The SMILES string of the molecule is CCC(CCO)CNCc1noc(C)n1. The summed E-state index contributed by atoms with van der Waals surface area (Å²) in [5, 5.41) is 15.9. The highest BCUT2D eigenvalue weighted by atomic mass is 16.5. The highest BCUT2D eigenvalue weighted by Gasteiger charge is 2.06. The van der Waals surface area contributed by atoms with Crippen molar-refractivity contribution in [1.29, 1.82) is 0 Å².